The average Bonchev–Trinajstić information content (AvgIpc) is 2.99. The van der Waals surface area contributed by atoms with Crippen LogP contribution < -0.4 is 0 Å². The summed E-state index contributed by atoms with van der Waals surface area (Å²) in [6, 6.07) is 9.72. The van der Waals surface area contributed by atoms with Gasteiger partial charge in [0.15, 0.2) is 0 Å². The molecule has 0 aliphatic carbocycles. The molecule has 3 rings (SSSR count). The van der Waals surface area contributed by atoms with Gasteiger partial charge in [0.05, 0.1) is 19.9 Å². The lowest BCUT2D eigenvalue weighted by molar-refractivity contribution is 0.0638. The summed E-state index contributed by atoms with van der Waals surface area (Å²) in [6.45, 7) is 2.07. The summed E-state index contributed by atoms with van der Waals surface area (Å²) in [7, 11) is -0.952. The minimum absolute atomic E-state index is 0.0810. The number of hydrogen-bond donors (Lipinski definition) is 0. The third-order valence-corrected chi connectivity index (χ3v) is 8.28. The zero-order chi connectivity index (χ0) is 12.7. The van der Waals surface area contributed by atoms with E-state index in [9.17, 15) is 9.59 Å². The number of carbonyl (C=O) groups excluding carboxylic acids is 2. The van der Waals surface area contributed by atoms with E-state index in [4.69, 9.17) is 0 Å². The molecular weight excluding hydrogens is 242 g/mol. The van der Waals surface area contributed by atoms with Gasteiger partial charge in [0.25, 0.3) is 11.8 Å². The van der Waals surface area contributed by atoms with Crippen LogP contribution in [0.2, 0.25) is 12.1 Å². The van der Waals surface area contributed by atoms with E-state index in [0.717, 1.165) is 0 Å². The van der Waals surface area contributed by atoms with Crippen molar-refractivity contribution in [2.45, 2.75) is 37.5 Å². The quantitative estimate of drug-likeness (QED) is 0.603. The molecule has 2 amide bonds. The maximum Gasteiger partial charge on any atom is 0.261 e. The second-order valence-corrected chi connectivity index (χ2v) is 8.95. The Morgan fingerprint density at radius 2 is 1.56 bits per heavy atom. The van der Waals surface area contributed by atoms with Gasteiger partial charge in [-0.05, 0) is 19.1 Å². The van der Waals surface area contributed by atoms with Crippen molar-refractivity contribution in [3.63, 3.8) is 0 Å². The summed E-state index contributed by atoms with van der Waals surface area (Å²) in [5.41, 5.74) is 1.34. The molecule has 2 aliphatic rings. The molecular formula is C14H17NO2Si. The van der Waals surface area contributed by atoms with Crippen molar-refractivity contribution in [1.29, 1.82) is 0 Å². The lowest BCUT2D eigenvalue weighted by Crippen LogP contribution is -2.46. The fourth-order valence-electron chi connectivity index (χ4n) is 3.23. The molecule has 0 saturated carbocycles. The van der Waals surface area contributed by atoms with Gasteiger partial charge >= 0.3 is 0 Å². The first-order valence-corrected chi connectivity index (χ1v) is 8.97. The number of nitrogens with zero attached hydrogens (tertiary/aromatic N) is 1. The van der Waals surface area contributed by atoms with E-state index in [1.165, 1.54) is 29.8 Å². The molecule has 0 aromatic heterocycles. The smallest absolute Gasteiger partial charge is 0.261 e. The molecule has 0 spiro atoms. The predicted octanol–water partition coefficient (Wildman–Crippen LogP) is 2.23. The van der Waals surface area contributed by atoms with E-state index >= 15 is 0 Å². The van der Waals surface area contributed by atoms with Crippen LogP contribution >= 0.6 is 0 Å². The SMILES string of the molecule is CC(N1C(=O)c2ccccc2C1=O)[SiH]1CCCC1. The van der Waals surface area contributed by atoms with Gasteiger partial charge in [-0.2, -0.15) is 0 Å². The lowest BCUT2D eigenvalue weighted by atomic mass is 10.1. The number of amides is 2. The fourth-order valence-corrected chi connectivity index (χ4v) is 6.80. The van der Waals surface area contributed by atoms with Gasteiger partial charge in [-0.25, -0.2) is 0 Å². The minimum Gasteiger partial charge on any atom is -0.275 e. The maximum atomic E-state index is 12.3. The van der Waals surface area contributed by atoms with Crippen LogP contribution in [0.5, 0.6) is 0 Å². The maximum absolute atomic E-state index is 12.3. The Kier molecular flexibility index (Phi) is 2.82. The van der Waals surface area contributed by atoms with Crippen LogP contribution in [0.4, 0.5) is 0 Å². The van der Waals surface area contributed by atoms with Crippen LogP contribution in [0.3, 0.4) is 0 Å². The van der Waals surface area contributed by atoms with Gasteiger partial charge in [0, 0.05) is 5.67 Å². The van der Waals surface area contributed by atoms with Crippen molar-refractivity contribution in [2.24, 2.45) is 0 Å². The van der Waals surface area contributed by atoms with Gasteiger partial charge in [0.1, 0.15) is 0 Å². The Hall–Kier alpha value is -1.42. The van der Waals surface area contributed by atoms with E-state index in [-0.39, 0.29) is 17.5 Å². The highest BCUT2D eigenvalue weighted by molar-refractivity contribution is 6.62. The molecule has 2 heterocycles. The Balaban J connectivity index is 1.91. The molecule has 18 heavy (non-hydrogen) atoms. The Morgan fingerprint density at radius 1 is 1.06 bits per heavy atom. The second-order valence-electron chi connectivity index (χ2n) is 5.31. The number of fused-ring (bicyclic) bond motifs is 1. The average molecular weight is 259 g/mol. The summed E-state index contributed by atoms with van der Waals surface area (Å²) in [6.07, 6.45) is 2.56. The van der Waals surface area contributed by atoms with Crippen LogP contribution in [-0.2, 0) is 0 Å². The van der Waals surface area contributed by atoms with Crippen molar-refractivity contribution in [2.75, 3.05) is 0 Å². The zero-order valence-corrected chi connectivity index (χ0v) is 11.7. The normalized spacial score (nSPS) is 21.5. The van der Waals surface area contributed by atoms with Crippen LogP contribution in [0.25, 0.3) is 0 Å². The molecule has 1 atom stereocenters. The lowest BCUT2D eigenvalue weighted by Gasteiger charge is -2.26. The zero-order valence-electron chi connectivity index (χ0n) is 10.6. The fraction of sp³-hybridized carbons (Fsp3) is 0.429. The number of carbonyl (C=O) groups is 2. The highest BCUT2D eigenvalue weighted by Crippen LogP contribution is 2.30. The second kappa shape index (κ2) is 4.35. The van der Waals surface area contributed by atoms with Gasteiger partial charge in [-0.3, -0.25) is 14.5 Å². The van der Waals surface area contributed by atoms with Crippen LogP contribution in [0.1, 0.15) is 40.5 Å². The van der Waals surface area contributed by atoms with Gasteiger partial charge in [0.2, 0.25) is 0 Å². The van der Waals surface area contributed by atoms with Crippen LogP contribution in [0.15, 0.2) is 24.3 Å². The molecule has 2 aliphatic heterocycles. The molecule has 3 nitrogen and oxygen atoms in total. The first-order chi connectivity index (χ1) is 8.70. The van der Waals surface area contributed by atoms with E-state index in [1.807, 2.05) is 12.1 Å². The Labute approximate surface area is 108 Å². The summed E-state index contributed by atoms with van der Waals surface area (Å²) < 4.78 is 0. The molecule has 1 fully saturated rings. The minimum atomic E-state index is -0.952. The molecule has 1 aromatic carbocycles. The molecule has 94 valence electrons. The van der Waals surface area contributed by atoms with Gasteiger partial charge < -0.3 is 0 Å². The van der Waals surface area contributed by atoms with Crippen LogP contribution in [0, 0.1) is 0 Å². The van der Waals surface area contributed by atoms with E-state index < -0.39 is 8.80 Å². The van der Waals surface area contributed by atoms with Crippen molar-refractivity contribution >= 4 is 20.6 Å². The van der Waals surface area contributed by atoms with E-state index in [1.54, 1.807) is 12.1 Å². The summed E-state index contributed by atoms with van der Waals surface area (Å²) >= 11 is 0. The molecule has 4 heteroatoms. The molecule has 1 unspecified atom stereocenters. The molecule has 0 N–H and O–H groups in total. The number of imide groups is 1. The predicted molar refractivity (Wildman–Crippen MR) is 72.4 cm³/mol. The van der Waals surface area contributed by atoms with Gasteiger partial charge in [-0.1, -0.05) is 37.1 Å². The van der Waals surface area contributed by atoms with Crippen molar-refractivity contribution in [1.82, 2.24) is 4.90 Å². The third kappa shape index (κ3) is 1.63. The first kappa shape index (κ1) is 11.7. The van der Waals surface area contributed by atoms with Crippen molar-refractivity contribution in [3.8, 4) is 0 Å². The topological polar surface area (TPSA) is 37.4 Å². The molecule has 0 radical (unpaired) electrons. The van der Waals surface area contributed by atoms with Crippen molar-refractivity contribution < 1.29 is 9.59 Å². The Morgan fingerprint density at radius 3 is 2.06 bits per heavy atom. The van der Waals surface area contributed by atoms with E-state index in [2.05, 4.69) is 6.92 Å². The third-order valence-electron chi connectivity index (χ3n) is 4.31. The van der Waals surface area contributed by atoms with Crippen molar-refractivity contribution in [3.05, 3.63) is 35.4 Å². The van der Waals surface area contributed by atoms with Gasteiger partial charge in [-0.15, -0.1) is 0 Å². The number of rotatable bonds is 2. The summed E-state index contributed by atoms with van der Waals surface area (Å²) in [4.78, 5) is 26.2. The standard InChI is InChI=1S/C14H17NO2Si/c1-10(18-8-4-5-9-18)15-13(16)11-6-2-3-7-12(11)14(15)17/h2-3,6-7,10,18H,4-5,8-9H2,1H3. The highest BCUT2D eigenvalue weighted by atomic mass is 28.3. The molecule has 1 saturated heterocycles. The first-order valence-electron chi connectivity index (χ1n) is 6.67. The number of hydrogen-bond acceptors (Lipinski definition) is 2. The monoisotopic (exact) mass is 259 g/mol. The largest absolute Gasteiger partial charge is 0.275 e. The Bertz CT molecular complexity index is 473. The molecule has 1 aromatic rings. The highest BCUT2D eigenvalue weighted by Gasteiger charge is 2.41. The number of benzene rings is 1. The summed E-state index contributed by atoms with van der Waals surface area (Å²) in [5, 5.41) is 0. The molecule has 0 bridgehead atoms. The van der Waals surface area contributed by atoms with Crippen LogP contribution in [-0.4, -0.2) is 31.2 Å². The summed E-state index contributed by atoms with van der Waals surface area (Å²) in [5.74, 6) is -0.162. The van der Waals surface area contributed by atoms with E-state index in [0.29, 0.717) is 11.1 Å².